The van der Waals surface area contributed by atoms with Crippen LogP contribution >= 0.6 is 0 Å². The minimum Gasteiger partial charge on any atom is -0.456 e. The van der Waals surface area contributed by atoms with Crippen molar-refractivity contribution < 1.29 is 4.42 Å². The van der Waals surface area contributed by atoms with Gasteiger partial charge in [-0.1, -0.05) is 105 Å². The fraction of sp³-hybridized carbons (Fsp3) is 0.0698. The highest BCUT2D eigenvalue weighted by Crippen LogP contribution is 2.50. The minimum absolute atomic E-state index is 0.0524. The molecule has 0 bridgehead atoms. The van der Waals surface area contributed by atoms with Gasteiger partial charge in [0.25, 0.3) is 0 Å². The number of benzene rings is 7. The van der Waals surface area contributed by atoms with E-state index in [0.29, 0.717) is 0 Å². The third-order valence-electron chi connectivity index (χ3n) is 10.2. The maximum absolute atomic E-state index is 6.60. The lowest BCUT2D eigenvalue weighted by Gasteiger charge is -2.21. The van der Waals surface area contributed by atoms with Crippen molar-refractivity contribution in [2.24, 2.45) is 0 Å². The Bertz CT molecular complexity index is 2680. The molecule has 0 unspecified atom stereocenters. The summed E-state index contributed by atoms with van der Waals surface area (Å²) in [6.45, 7) is 4.63. The van der Waals surface area contributed by atoms with Crippen molar-refractivity contribution >= 4 is 54.5 Å². The van der Waals surface area contributed by atoms with Crippen molar-refractivity contribution in [2.75, 3.05) is 0 Å². The molecule has 0 atom stereocenters. The monoisotopic (exact) mass is 575 g/mol. The number of hydrogen-bond acceptors (Lipinski definition) is 1. The number of fused-ring (bicyclic) bond motifs is 10. The largest absolute Gasteiger partial charge is 0.456 e. The molecule has 10 rings (SSSR count). The van der Waals surface area contributed by atoms with E-state index in [0.717, 1.165) is 22.1 Å². The van der Waals surface area contributed by atoms with E-state index >= 15 is 0 Å². The molecule has 45 heavy (non-hydrogen) atoms. The van der Waals surface area contributed by atoms with Gasteiger partial charge in [-0.05, 0) is 92.7 Å². The molecule has 0 saturated carbocycles. The summed E-state index contributed by atoms with van der Waals surface area (Å²) in [5.74, 6) is 0. The molecule has 9 aromatic rings. The Morgan fingerprint density at radius 1 is 0.467 bits per heavy atom. The molecular formula is C43H29NO. The Morgan fingerprint density at radius 2 is 1.18 bits per heavy atom. The standard InChI is InChI=1S/C43H29NO/c1-43(2)37-13-7-5-11-31(37)35-24-36-34-20-17-29(23-41(34)45-42(36)25-38(35)43)28-16-19-33-32-12-6-8-14-39(32)44(40(33)22-28)30-18-15-26-9-3-4-10-27(26)21-30/h3-25H,1-2H3. The Kier molecular flexibility index (Phi) is 4.82. The molecule has 0 amide bonds. The van der Waals surface area contributed by atoms with Gasteiger partial charge in [0.05, 0.1) is 11.0 Å². The van der Waals surface area contributed by atoms with E-state index in [1.165, 1.54) is 71.5 Å². The second-order valence-electron chi connectivity index (χ2n) is 13.0. The maximum atomic E-state index is 6.60. The van der Waals surface area contributed by atoms with E-state index < -0.39 is 0 Å². The molecule has 0 radical (unpaired) electrons. The third-order valence-corrected chi connectivity index (χ3v) is 10.2. The Labute approximate surface area is 260 Å². The van der Waals surface area contributed by atoms with Gasteiger partial charge in [0.1, 0.15) is 11.2 Å². The molecule has 1 aliphatic rings. The Hall–Kier alpha value is -5.60. The normalized spacial score (nSPS) is 13.7. The van der Waals surface area contributed by atoms with Crippen LogP contribution in [-0.2, 0) is 5.41 Å². The van der Waals surface area contributed by atoms with Crippen LogP contribution in [0.2, 0.25) is 0 Å². The first-order chi connectivity index (χ1) is 22.0. The summed E-state index contributed by atoms with van der Waals surface area (Å²) in [6, 6.07) is 51.0. The molecular weight excluding hydrogens is 546 g/mol. The number of furan rings is 1. The van der Waals surface area contributed by atoms with Crippen molar-refractivity contribution in [3.8, 4) is 27.9 Å². The van der Waals surface area contributed by atoms with Crippen molar-refractivity contribution in [3.63, 3.8) is 0 Å². The summed E-state index contributed by atoms with van der Waals surface area (Å²) < 4.78 is 9.00. The topological polar surface area (TPSA) is 18.1 Å². The zero-order valence-corrected chi connectivity index (χ0v) is 25.1. The van der Waals surface area contributed by atoms with E-state index in [-0.39, 0.29) is 5.41 Å². The first kappa shape index (κ1) is 24.8. The first-order valence-electron chi connectivity index (χ1n) is 15.7. The fourth-order valence-electron chi connectivity index (χ4n) is 7.89. The van der Waals surface area contributed by atoms with Crippen molar-refractivity contribution in [3.05, 3.63) is 151 Å². The molecule has 2 nitrogen and oxygen atoms in total. The van der Waals surface area contributed by atoms with Crippen molar-refractivity contribution in [2.45, 2.75) is 19.3 Å². The number of nitrogens with zero attached hydrogens (tertiary/aromatic N) is 1. The molecule has 0 spiro atoms. The molecule has 0 saturated heterocycles. The van der Waals surface area contributed by atoms with E-state index in [9.17, 15) is 0 Å². The molecule has 0 N–H and O–H groups in total. The molecule has 2 heterocycles. The number of rotatable bonds is 2. The van der Waals surface area contributed by atoms with Gasteiger partial charge < -0.3 is 8.98 Å². The summed E-state index contributed by atoms with van der Waals surface area (Å²) in [7, 11) is 0. The van der Waals surface area contributed by atoms with Gasteiger partial charge >= 0.3 is 0 Å². The van der Waals surface area contributed by atoms with Crippen LogP contribution in [0.15, 0.2) is 144 Å². The molecule has 0 fully saturated rings. The number of hydrogen-bond donors (Lipinski definition) is 0. The summed E-state index contributed by atoms with van der Waals surface area (Å²) in [4.78, 5) is 0. The number of para-hydroxylation sites is 1. The van der Waals surface area contributed by atoms with E-state index in [1.54, 1.807) is 0 Å². The SMILES string of the molecule is CC1(C)c2ccccc2-c2cc3c(cc21)oc1cc(-c2ccc4c5ccccc5n(-c5ccc6ccccc6c5)c4c2)ccc13. The predicted molar refractivity (Wildman–Crippen MR) is 189 cm³/mol. The molecule has 0 aliphatic heterocycles. The molecule has 2 aromatic heterocycles. The van der Waals surface area contributed by atoms with Gasteiger partial charge in [0.15, 0.2) is 0 Å². The zero-order valence-electron chi connectivity index (χ0n) is 25.1. The van der Waals surface area contributed by atoms with Crippen molar-refractivity contribution in [1.82, 2.24) is 4.57 Å². The minimum atomic E-state index is -0.0524. The van der Waals surface area contributed by atoms with Gasteiger partial charge in [-0.25, -0.2) is 0 Å². The van der Waals surface area contributed by atoms with Gasteiger partial charge in [0.2, 0.25) is 0 Å². The molecule has 1 aliphatic carbocycles. The number of aromatic nitrogens is 1. The Morgan fingerprint density at radius 3 is 2.09 bits per heavy atom. The summed E-state index contributed by atoms with van der Waals surface area (Å²) >= 11 is 0. The highest BCUT2D eigenvalue weighted by Gasteiger charge is 2.36. The highest BCUT2D eigenvalue weighted by molar-refractivity contribution is 6.11. The lowest BCUT2D eigenvalue weighted by molar-refractivity contribution is 0.647. The molecule has 212 valence electrons. The van der Waals surface area contributed by atoms with E-state index in [2.05, 4.69) is 158 Å². The lowest BCUT2D eigenvalue weighted by Crippen LogP contribution is -2.14. The van der Waals surface area contributed by atoms with Gasteiger partial charge in [-0.3, -0.25) is 0 Å². The van der Waals surface area contributed by atoms with Crippen LogP contribution in [-0.4, -0.2) is 4.57 Å². The second kappa shape index (κ2) is 8.74. The fourth-order valence-corrected chi connectivity index (χ4v) is 7.89. The summed E-state index contributed by atoms with van der Waals surface area (Å²) in [6.07, 6.45) is 0. The van der Waals surface area contributed by atoms with Gasteiger partial charge in [0, 0.05) is 32.6 Å². The third kappa shape index (κ3) is 3.40. The average Bonchev–Trinajstić information content (AvgIpc) is 3.68. The zero-order chi connectivity index (χ0) is 29.9. The van der Waals surface area contributed by atoms with Crippen LogP contribution in [0.25, 0.3) is 82.5 Å². The average molecular weight is 576 g/mol. The smallest absolute Gasteiger partial charge is 0.136 e. The van der Waals surface area contributed by atoms with Crippen LogP contribution in [0.5, 0.6) is 0 Å². The molecule has 2 heteroatoms. The van der Waals surface area contributed by atoms with Crippen LogP contribution in [0.3, 0.4) is 0 Å². The van der Waals surface area contributed by atoms with E-state index in [4.69, 9.17) is 4.42 Å². The van der Waals surface area contributed by atoms with Crippen LogP contribution in [0.1, 0.15) is 25.0 Å². The predicted octanol–water partition coefficient (Wildman–Crippen LogP) is 11.8. The lowest BCUT2D eigenvalue weighted by atomic mass is 9.82. The van der Waals surface area contributed by atoms with Crippen LogP contribution in [0.4, 0.5) is 0 Å². The second-order valence-corrected chi connectivity index (χ2v) is 13.0. The van der Waals surface area contributed by atoms with Gasteiger partial charge in [-0.15, -0.1) is 0 Å². The Balaban J connectivity index is 1.15. The van der Waals surface area contributed by atoms with Crippen LogP contribution < -0.4 is 0 Å². The van der Waals surface area contributed by atoms with Crippen LogP contribution in [0, 0.1) is 0 Å². The highest BCUT2D eigenvalue weighted by atomic mass is 16.3. The van der Waals surface area contributed by atoms with Gasteiger partial charge in [-0.2, -0.15) is 0 Å². The quantitative estimate of drug-likeness (QED) is 0.200. The summed E-state index contributed by atoms with van der Waals surface area (Å²) in [5.41, 5.74) is 13.1. The van der Waals surface area contributed by atoms with Crippen molar-refractivity contribution in [1.29, 1.82) is 0 Å². The molecule has 7 aromatic carbocycles. The summed E-state index contributed by atoms with van der Waals surface area (Å²) in [5, 5.41) is 7.34. The van der Waals surface area contributed by atoms with E-state index in [1.807, 2.05) is 0 Å². The first-order valence-corrected chi connectivity index (χ1v) is 15.7. The maximum Gasteiger partial charge on any atom is 0.136 e.